The van der Waals surface area contributed by atoms with Gasteiger partial charge in [-0.05, 0) is 83.4 Å². The fourth-order valence-corrected chi connectivity index (χ4v) is 6.31. The van der Waals surface area contributed by atoms with E-state index in [0.29, 0.717) is 38.1 Å². The summed E-state index contributed by atoms with van der Waals surface area (Å²) in [6.45, 7) is 11.0. The van der Waals surface area contributed by atoms with Gasteiger partial charge in [-0.2, -0.15) is 0 Å². The van der Waals surface area contributed by atoms with Crippen molar-refractivity contribution < 1.29 is 33.9 Å². The predicted octanol–water partition coefficient (Wildman–Crippen LogP) is -1.15. The van der Waals surface area contributed by atoms with Gasteiger partial charge in [0.2, 0.25) is 35.4 Å². The van der Waals surface area contributed by atoms with E-state index in [1.165, 1.54) is 0 Å². The molecule has 0 aliphatic rings. The molecule has 1 aromatic carbocycles. The Hall–Kier alpha value is -4.81. The monoisotopic (exact) mass is 804 g/mol. The van der Waals surface area contributed by atoms with Crippen molar-refractivity contribution in [2.24, 2.45) is 23.3 Å². The molecule has 0 bridgehead atoms. The highest BCUT2D eigenvalue weighted by Gasteiger charge is 2.34. The Bertz CT molecular complexity index is 1440. The van der Waals surface area contributed by atoms with Gasteiger partial charge >= 0.3 is 0 Å². The average Bonchev–Trinajstić information content (AvgIpc) is 3.12. The molecule has 0 fully saturated rings. The topological polar surface area (TPSA) is 295 Å². The number of aliphatic hydroxyl groups excluding tert-OH is 1. The van der Waals surface area contributed by atoms with Crippen LogP contribution in [0.2, 0.25) is 0 Å². The quantitative estimate of drug-likeness (QED) is 0.0287. The van der Waals surface area contributed by atoms with E-state index in [4.69, 9.17) is 16.9 Å². The van der Waals surface area contributed by atoms with Crippen LogP contribution in [-0.4, -0.2) is 116 Å². The Morgan fingerprint density at radius 3 is 1.88 bits per heavy atom. The van der Waals surface area contributed by atoms with Gasteiger partial charge < -0.3 is 59.1 Å². The summed E-state index contributed by atoms with van der Waals surface area (Å²) < 4.78 is 0. The molecular weight excluding hydrogens is 734 g/mol. The molecule has 6 amide bonds. The van der Waals surface area contributed by atoms with Gasteiger partial charge in [-0.25, -0.2) is 0 Å². The molecule has 18 heteroatoms. The summed E-state index contributed by atoms with van der Waals surface area (Å²) in [6.07, 6.45) is 2.62. The van der Waals surface area contributed by atoms with E-state index >= 15 is 0 Å². The maximum absolute atomic E-state index is 13.8. The fraction of sp³-hybridized carbons (Fsp3) is 0.667. The highest BCUT2D eigenvalue weighted by Crippen LogP contribution is 2.16. The molecule has 0 aliphatic carbocycles. The van der Waals surface area contributed by atoms with Gasteiger partial charge in [0, 0.05) is 18.5 Å². The molecule has 1 unspecified atom stereocenters. The number of hydrogen-bond donors (Lipinski definition) is 12. The molecule has 0 spiro atoms. The first kappa shape index (κ1) is 50.2. The molecule has 0 saturated heterocycles. The van der Waals surface area contributed by atoms with E-state index in [0.717, 1.165) is 5.56 Å². The number of rotatable bonds is 27. The fourth-order valence-electron chi connectivity index (χ4n) is 6.31. The van der Waals surface area contributed by atoms with Gasteiger partial charge in [-0.3, -0.25) is 34.2 Å². The zero-order chi connectivity index (χ0) is 43.1. The van der Waals surface area contributed by atoms with Gasteiger partial charge in [-0.1, -0.05) is 58.0 Å². The average molecular weight is 804 g/mol. The molecule has 5 atom stereocenters. The van der Waals surface area contributed by atoms with Crippen molar-refractivity contribution in [3.63, 3.8) is 0 Å². The minimum absolute atomic E-state index is 0.0311. The van der Waals surface area contributed by atoms with Crippen molar-refractivity contribution in [1.82, 2.24) is 42.5 Å². The first-order valence-electron chi connectivity index (χ1n) is 19.7. The molecule has 1 aromatic rings. The normalized spacial score (nSPS) is 14.0. The van der Waals surface area contributed by atoms with Crippen LogP contribution in [-0.2, 0) is 35.2 Å². The van der Waals surface area contributed by atoms with E-state index < -0.39 is 83.7 Å². The number of amides is 6. The lowest BCUT2D eigenvalue weighted by Crippen LogP contribution is -2.61. The molecule has 0 saturated carbocycles. The van der Waals surface area contributed by atoms with E-state index in [1.54, 1.807) is 20.9 Å². The number of hydrogen-bond acceptors (Lipinski definition) is 10. The molecule has 0 aromatic heterocycles. The summed E-state index contributed by atoms with van der Waals surface area (Å²) in [5.74, 6) is -4.25. The van der Waals surface area contributed by atoms with Crippen molar-refractivity contribution in [3.05, 3.63) is 35.9 Å². The summed E-state index contributed by atoms with van der Waals surface area (Å²) in [4.78, 5) is 80.6. The van der Waals surface area contributed by atoms with E-state index in [1.807, 2.05) is 58.0 Å². The Morgan fingerprint density at radius 2 is 1.32 bits per heavy atom. The van der Waals surface area contributed by atoms with Crippen LogP contribution >= 0.6 is 0 Å². The Labute approximate surface area is 337 Å². The maximum Gasteiger partial charge on any atom is 0.245 e. The number of nitrogens with one attached hydrogen (secondary N) is 9. The second-order valence-electron chi connectivity index (χ2n) is 15.7. The zero-order valence-corrected chi connectivity index (χ0v) is 34.8. The second kappa shape index (κ2) is 26.2. The van der Waals surface area contributed by atoms with E-state index in [2.05, 4.69) is 42.5 Å². The number of unbranched alkanes of at least 4 members (excludes halogenated alkanes) is 1. The third kappa shape index (κ3) is 20.3. The van der Waals surface area contributed by atoms with Crippen LogP contribution in [0.15, 0.2) is 30.3 Å². The number of carbonyl (C=O) groups excluding carboxylic acids is 6. The number of aliphatic hydroxyl groups is 1. The molecule has 0 radical (unpaired) electrons. The molecule has 14 N–H and O–H groups in total. The van der Waals surface area contributed by atoms with Crippen LogP contribution in [0.5, 0.6) is 0 Å². The zero-order valence-electron chi connectivity index (χ0n) is 34.8. The van der Waals surface area contributed by atoms with Crippen LogP contribution in [0, 0.1) is 17.2 Å². The molecule has 0 aliphatic heterocycles. The van der Waals surface area contributed by atoms with Gasteiger partial charge in [0.15, 0.2) is 5.96 Å². The summed E-state index contributed by atoms with van der Waals surface area (Å²) in [7, 11) is 1.59. The van der Waals surface area contributed by atoms with Gasteiger partial charge in [0.05, 0.1) is 13.2 Å². The predicted molar refractivity (Wildman–Crippen MR) is 219 cm³/mol. The number of carbonyl (C=O) groups is 6. The number of nitrogens with two attached hydrogens (primary N) is 2. The first-order valence-corrected chi connectivity index (χ1v) is 19.7. The molecule has 0 heterocycles. The largest absolute Gasteiger partial charge is 0.394 e. The molecule has 1 rings (SSSR count). The van der Waals surface area contributed by atoms with Crippen LogP contribution < -0.4 is 54.0 Å². The van der Waals surface area contributed by atoms with Crippen molar-refractivity contribution in [1.29, 1.82) is 5.41 Å². The van der Waals surface area contributed by atoms with Crippen molar-refractivity contribution in [2.45, 2.75) is 122 Å². The van der Waals surface area contributed by atoms with Gasteiger partial charge in [0.25, 0.3) is 0 Å². The summed E-state index contributed by atoms with van der Waals surface area (Å²) in [5.41, 5.74) is 11.2. The lowest BCUT2D eigenvalue weighted by atomic mass is 9.92. The first-order chi connectivity index (χ1) is 26.8. The van der Waals surface area contributed by atoms with E-state index in [9.17, 15) is 33.9 Å². The van der Waals surface area contributed by atoms with Gasteiger partial charge in [0.1, 0.15) is 30.2 Å². The highest BCUT2D eigenvalue weighted by atomic mass is 16.3. The van der Waals surface area contributed by atoms with E-state index in [-0.39, 0.29) is 38.3 Å². The smallest absolute Gasteiger partial charge is 0.245 e. The third-order valence-electron chi connectivity index (χ3n) is 8.91. The lowest BCUT2D eigenvalue weighted by molar-refractivity contribution is -0.136. The Kier molecular flexibility index (Phi) is 23.1. The van der Waals surface area contributed by atoms with Crippen LogP contribution in [0.1, 0.15) is 85.6 Å². The van der Waals surface area contributed by atoms with Crippen LogP contribution in [0.4, 0.5) is 0 Å². The standard InChI is InChI=1S/C39H69N11O7/c1-24(2)21-39(5,6)50-36(56)29(20-26-14-9-8-10-15-26)47-35(55)30(23-51)48-37(57)32(25(3)4)49-34(54)28(17-13-19-44-38(41)42)46-33(53)27(16-11-12-18-40)45-31(52)22-43-7/h8-10,14-15,24-25,27-30,32,43,51H,11-13,16-23,40H2,1-7H3,(H,45,52)(H,46,53)(H,47,55)(H,48,57)(H,49,54)(H,50,56)(H4,41,42,44)/t27-,28-,29-,30-,32?/m0/s1. The van der Waals surface area contributed by atoms with Gasteiger partial charge in [-0.15, -0.1) is 0 Å². The van der Waals surface area contributed by atoms with Crippen LogP contribution in [0.25, 0.3) is 0 Å². The second-order valence-corrected chi connectivity index (χ2v) is 15.7. The SMILES string of the molecule is CNCC(=O)N[C@@H](CCCCN)C(=O)N[C@@H](CCCNC(=N)N)C(=O)NC(C(=O)N[C@@H](CO)C(=O)N[C@@H](Cc1ccccc1)C(=O)NC(C)(C)CC(C)C)C(C)C. The molecular formula is C39H69N11O7. The van der Waals surface area contributed by atoms with Crippen molar-refractivity contribution in [3.8, 4) is 0 Å². The van der Waals surface area contributed by atoms with Crippen molar-refractivity contribution in [2.75, 3.05) is 33.3 Å². The third-order valence-corrected chi connectivity index (χ3v) is 8.91. The number of likely N-dealkylation sites (N-methyl/N-ethyl adjacent to an activating group) is 1. The summed E-state index contributed by atoms with van der Waals surface area (Å²) >= 11 is 0. The molecule has 322 valence electrons. The minimum atomic E-state index is -1.48. The molecule has 57 heavy (non-hydrogen) atoms. The summed E-state index contributed by atoms with van der Waals surface area (Å²) in [5, 5.41) is 39.4. The number of guanidine groups is 1. The van der Waals surface area contributed by atoms with Crippen molar-refractivity contribution >= 4 is 41.4 Å². The number of benzene rings is 1. The minimum Gasteiger partial charge on any atom is -0.394 e. The summed E-state index contributed by atoms with van der Waals surface area (Å²) in [6, 6.07) is 3.24. The Morgan fingerprint density at radius 1 is 0.754 bits per heavy atom. The highest BCUT2D eigenvalue weighted by molar-refractivity contribution is 5.96. The van der Waals surface area contributed by atoms with Crippen LogP contribution in [0.3, 0.4) is 0 Å². The Balaban J connectivity index is 3.25. The maximum atomic E-state index is 13.8. The molecule has 18 nitrogen and oxygen atoms in total. The lowest BCUT2D eigenvalue weighted by Gasteiger charge is -2.31.